The number of benzene rings is 1. The highest BCUT2D eigenvalue weighted by atomic mass is 79.9. The number of hydrogen-bond acceptors (Lipinski definition) is 2. The summed E-state index contributed by atoms with van der Waals surface area (Å²) >= 11 is 0. The zero-order chi connectivity index (χ0) is 18.0. The number of carbonyl (C=O) groups excluding carboxylic acids is 1. The number of ether oxygens (including phenoxy) is 1. The van der Waals surface area contributed by atoms with Crippen LogP contribution in [0.5, 0.6) is 0 Å². The van der Waals surface area contributed by atoms with Crippen molar-refractivity contribution in [1.82, 2.24) is 0 Å². The largest absolute Gasteiger partial charge is 1.00 e. The van der Waals surface area contributed by atoms with Crippen molar-refractivity contribution < 1.29 is 31.0 Å². The van der Waals surface area contributed by atoms with Gasteiger partial charge in [-0.25, -0.2) is 0 Å². The lowest BCUT2D eigenvalue weighted by atomic mass is 9.86. The second-order valence-electron chi connectivity index (χ2n) is 7.05. The van der Waals surface area contributed by atoms with E-state index in [0.717, 1.165) is 37.1 Å². The fraction of sp³-hybridized carbons (Fsp3) is 0.667. The number of hydrogen-bond donors (Lipinski definition) is 0. The van der Waals surface area contributed by atoms with Crippen LogP contribution in [-0.2, 0) is 9.53 Å². The van der Waals surface area contributed by atoms with Gasteiger partial charge < -0.3 is 26.2 Å². The standard InChI is InChI=1S/C21H36NO2.BrH/c1-6-22(7-2,8-3)15-12-16-24-21(23)17-20(18(4)5)19-13-10-9-11-14-19;/h9-11,13-14,18,20H,6-8,12,15-17H2,1-5H3;1H/q+1;/p-1. The second-order valence-corrected chi connectivity index (χ2v) is 7.05. The minimum absolute atomic E-state index is 0. The molecule has 0 N–H and O–H groups in total. The molecule has 0 saturated heterocycles. The van der Waals surface area contributed by atoms with Gasteiger partial charge in [0.15, 0.2) is 0 Å². The molecule has 0 aromatic heterocycles. The normalized spacial score (nSPS) is 12.6. The van der Waals surface area contributed by atoms with Crippen molar-refractivity contribution in [3.05, 3.63) is 35.9 Å². The summed E-state index contributed by atoms with van der Waals surface area (Å²) in [5, 5.41) is 0. The Morgan fingerprint density at radius 3 is 2.08 bits per heavy atom. The smallest absolute Gasteiger partial charge is 0.306 e. The molecule has 0 saturated carbocycles. The SMILES string of the molecule is CC[N+](CC)(CC)CCCOC(=O)CC(c1ccccc1)C(C)C.[Br-]. The zero-order valence-corrected chi connectivity index (χ0v) is 18.2. The van der Waals surface area contributed by atoms with Gasteiger partial charge in [0, 0.05) is 6.42 Å². The Labute approximate surface area is 165 Å². The van der Waals surface area contributed by atoms with Gasteiger partial charge in [0.05, 0.1) is 39.2 Å². The molecule has 0 aliphatic carbocycles. The molecule has 1 rings (SSSR count). The van der Waals surface area contributed by atoms with Gasteiger partial charge in [0.1, 0.15) is 0 Å². The number of nitrogens with zero attached hydrogens (tertiary/aromatic N) is 1. The van der Waals surface area contributed by atoms with E-state index in [-0.39, 0.29) is 28.9 Å². The monoisotopic (exact) mass is 413 g/mol. The Hall–Kier alpha value is -0.870. The van der Waals surface area contributed by atoms with Crippen molar-refractivity contribution in [3.63, 3.8) is 0 Å². The van der Waals surface area contributed by atoms with E-state index in [4.69, 9.17) is 4.74 Å². The van der Waals surface area contributed by atoms with Crippen LogP contribution in [0.3, 0.4) is 0 Å². The van der Waals surface area contributed by atoms with E-state index in [1.165, 1.54) is 5.56 Å². The number of halogens is 1. The molecule has 0 bridgehead atoms. The Balaban J connectivity index is 0.00000576. The van der Waals surface area contributed by atoms with Crippen molar-refractivity contribution in [3.8, 4) is 0 Å². The Kier molecular flexibility index (Phi) is 12.0. The molecule has 1 unspecified atom stereocenters. The molecule has 0 aliphatic rings. The van der Waals surface area contributed by atoms with Gasteiger partial charge >= 0.3 is 5.97 Å². The van der Waals surface area contributed by atoms with Gasteiger partial charge in [-0.15, -0.1) is 0 Å². The molecule has 25 heavy (non-hydrogen) atoms. The number of quaternary nitrogens is 1. The summed E-state index contributed by atoms with van der Waals surface area (Å²) in [6.07, 6.45) is 1.41. The van der Waals surface area contributed by atoms with Gasteiger partial charge in [-0.1, -0.05) is 44.2 Å². The van der Waals surface area contributed by atoms with Crippen LogP contribution in [0.15, 0.2) is 30.3 Å². The Morgan fingerprint density at radius 1 is 1.04 bits per heavy atom. The minimum atomic E-state index is -0.0693. The minimum Gasteiger partial charge on any atom is -1.00 e. The Bertz CT molecular complexity index is 464. The first-order valence-electron chi connectivity index (χ1n) is 9.53. The maximum absolute atomic E-state index is 12.2. The van der Waals surface area contributed by atoms with Gasteiger partial charge in [-0.3, -0.25) is 4.79 Å². The molecular formula is C21H36BrNO2. The third-order valence-corrected chi connectivity index (χ3v) is 5.47. The predicted octanol–water partition coefficient (Wildman–Crippen LogP) is 1.63. The predicted molar refractivity (Wildman–Crippen MR) is 101 cm³/mol. The lowest BCUT2D eigenvalue weighted by molar-refractivity contribution is -0.923. The van der Waals surface area contributed by atoms with Gasteiger partial charge in [0.25, 0.3) is 0 Å². The van der Waals surface area contributed by atoms with Crippen molar-refractivity contribution in [2.24, 2.45) is 5.92 Å². The zero-order valence-electron chi connectivity index (χ0n) is 16.6. The Morgan fingerprint density at radius 2 is 1.60 bits per heavy atom. The molecular weight excluding hydrogens is 378 g/mol. The quantitative estimate of drug-likeness (QED) is 0.313. The lowest BCUT2D eigenvalue weighted by Crippen LogP contribution is -3.00. The summed E-state index contributed by atoms with van der Waals surface area (Å²) in [4.78, 5) is 12.2. The van der Waals surface area contributed by atoms with E-state index < -0.39 is 0 Å². The molecule has 144 valence electrons. The van der Waals surface area contributed by atoms with Gasteiger partial charge in [-0.2, -0.15) is 0 Å². The van der Waals surface area contributed by atoms with E-state index in [1.807, 2.05) is 18.2 Å². The fourth-order valence-corrected chi connectivity index (χ4v) is 3.41. The van der Waals surface area contributed by atoms with Crippen LogP contribution < -0.4 is 17.0 Å². The molecule has 0 amide bonds. The summed E-state index contributed by atoms with van der Waals surface area (Å²) in [5.41, 5.74) is 1.23. The highest BCUT2D eigenvalue weighted by molar-refractivity contribution is 5.70. The van der Waals surface area contributed by atoms with Crippen LogP contribution in [0, 0.1) is 5.92 Å². The number of carbonyl (C=O) groups is 1. The first-order valence-corrected chi connectivity index (χ1v) is 9.53. The highest BCUT2D eigenvalue weighted by Crippen LogP contribution is 2.28. The van der Waals surface area contributed by atoms with Gasteiger partial charge in [0.2, 0.25) is 0 Å². The molecule has 4 heteroatoms. The van der Waals surface area contributed by atoms with E-state index in [1.54, 1.807) is 0 Å². The topological polar surface area (TPSA) is 26.3 Å². The maximum Gasteiger partial charge on any atom is 0.306 e. The first-order chi connectivity index (χ1) is 11.5. The third kappa shape index (κ3) is 7.91. The first kappa shape index (κ1) is 24.1. The summed E-state index contributed by atoms with van der Waals surface area (Å²) in [7, 11) is 0. The summed E-state index contributed by atoms with van der Waals surface area (Å²) in [5.74, 6) is 0.584. The average Bonchev–Trinajstić information content (AvgIpc) is 2.61. The van der Waals surface area contributed by atoms with Crippen molar-refractivity contribution in [1.29, 1.82) is 0 Å². The summed E-state index contributed by atoms with van der Waals surface area (Å²) in [6.45, 7) is 16.1. The number of esters is 1. The van der Waals surface area contributed by atoms with Crippen LogP contribution in [0.2, 0.25) is 0 Å². The molecule has 1 aromatic rings. The third-order valence-electron chi connectivity index (χ3n) is 5.47. The molecule has 0 heterocycles. The van der Waals surface area contributed by atoms with Crippen LogP contribution >= 0.6 is 0 Å². The lowest BCUT2D eigenvalue weighted by Gasteiger charge is -2.35. The van der Waals surface area contributed by atoms with Crippen molar-refractivity contribution in [2.45, 2.75) is 53.4 Å². The summed E-state index contributed by atoms with van der Waals surface area (Å²) < 4.78 is 6.63. The van der Waals surface area contributed by atoms with Crippen molar-refractivity contribution >= 4 is 5.97 Å². The molecule has 1 atom stereocenters. The number of rotatable bonds is 11. The van der Waals surface area contributed by atoms with Crippen LogP contribution in [0.4, 0.5) is 0 Å². The van der Waals surface area contributed by atoms with Crippen LogP contribution in [0.25, 0.3) is 0 Å². The molecule has 3 nitrogen and oxygen atoms in total. The van der Waals surface area contributed by atoms with Crippen LogP contribution in [0.1, 0.15) is 58.9 Å². The van der Waals surface area contributed by atoms with Crippen LogP contribution in [-0.4, -0.2) is 43.2 Å². The maximum atomic E-state index is 12.2. The van der Waals surface area contributed by atoms with E-state index in [2.05, 4.69) is 46.8 Å². The van der Waals surface area contributed by atoms with Crippen molar-refractivity contribution in [2.75, 3.05) is 32.8 Å². The highest BCUT2D eigenvalue weighted by Gasteiger charge is 2.22. The van der Waals surface area contributed by atoms with Gasteiger partial charge in [-0.05, 0) is 38.2 Å². The molecule has 0 aliphatic heterocycles. The molecule has 0 radical (unpaired) electrons. The average molecular weight is 414 g/mol. The van der Waals surface area contributed by atoms with E-state index in [0.29, 0.717) is 18.9 Å². The van der Waals surface area contributed by atoms with E-state index in [9.17, 15) is 4.79 Å². The molecule has 0 fully saturated rings. The van der Waals surface area contributed by atoms with E-state index >= 15 is 0 Å². The molecule has 0 spiro atoms. The second kappa shape index (κ2) is 12.5. The molecule has 1 aromatic carbocycles. The summed E-state index contributed by atoms with van der Waals surface area (Å²) in [6, 6.07) is 10.3. The fourth-order valence-electron chi connectivity index (χ4n) is 3.41.